The summed E-state index contributed by atoms with van der Waals surface area (Å²) in [6.07, 6.45) is 6.18. The Labute approximate surface area is 198 Å². The lowest BCUT2D eigenvalue weighted by atomic mass is 9.49. The molecule has 182 valence electrons. The van der Waals surface area contributed by atoms with E-state index in [-0.39, 0.29) is 42.2 Å². The molecule has 32 heavy (non-hydrogen) atoms. The fourth-order valence-corrected chi connectivity index (χ4v) is 7.52. The van der Waals surface area contributed by atoms with Crippen LogP contribution in [0.1, 0.15) is 67.7 Å². The topological polar surface area (TPSA) is 71.5 Å². The first-order valence-electron chi connectivity index (χ1n) is 12.5. The Kier molecular flexibility index (Phi) is 6.34. The van der Waals surface area contributed by atoms with Gasteiger partial charge in [-0.05, 0) is 61.5 Å². The molecule has 3 fully saturated rings. The molecule has 3 aliphatic carbocycles. The van der Waals surface area contributed by atoms with E-state index in [0.29, 0.717) is 5.92 Å². The Morgan fingerprint density at radius 3 is 2.53 bits per heavy atom. The van der Waals surface area contributed by atoms with Crippen LogP contribution in [0.4, 0.5) is 0 Å². The SMILES string of the molecule is CC.CC(C)OC1C23OC2CC2C4=COC(CO)C4CCC2(C)C3=CC(Cl)C1(O)C(C)C. The smallest absolute Gasteiger partial charge is 0.145 e. The van der Waals surface area contributed by atoms with Gasteiger partial charge in [0.2, 0.25) is 0 Å². The summed E-state index contributed by atoms with van der Waals surface area (Å²) in [6, 6.07) is 0. The Morgan fingerprint density at radius 1 is 1.25 bits per heavy atom. The van der Waals surface area contributed by atoms with E-state index in [1.807, 2.05) is 47.8 Å². The van der Waals surface area contributed by atoms with E-state index in [1.165, 1.54) is 11.1 Å². The van der Waals surface area contributed by atoms with Crippen molar-refractivity contribution in [3.8, 4) is 0 Å². The molecule has 5 rings (SSSR count). The average molecular weight is 469 g/mol. The maximum Gasteiger partial charge on any atom is 0.145 e. The summed E-state index contributed by atoms with van der Waals surface area (Å²) in [7, 11) is 0. The molecule has 0 bridgehead atoms. The molecule has 0 radical (unpaired) electrons. The van der Waals surface area contributed by atoms with Gasteiger partial charge in [-0.25, -0.2) is 0 Å². The van der Waals surface area contributed by atoms with E-state index >= 15 is 0 Å². The van der Waals surface area contributed by atoms with E-state index in [0.717, 1.165) is 19.3 Å². The van der Waals surface area contributed by atoms with Crippen LogP contribution in [0.3, 0.4) is 0 Å². The van der Waals surface area contributed by atoms with Crippen molar-refractivity contribution < 1.29 is 24.4 Å². The fraction of sp³-hybridized carbons (Fsp3) is 0.846. The van der Waals surface area contributed by atoms with Crippen LogP contribution in [0.2, 0.25) is 0 Å². The summed E-state index contributed by atoms with van der Waals surface area (Å²) in [6.45, 7) is 14.4. The molecule has 0 aromatic heterocycles. The van der Waals surface area contributed by atoms with Crippen LogP contribution in [-0.2, 0) is 14.2 Å². The number of alkyl halides is 1. The lowest BCUT2D eigenvalue weighted by molar-refractivity contribution is -0.176. The van der Waals surface area contributed by atoms with Crippen LogP contribution in [0, 0.1) is 23.2 Å². The van der Waals surface area contributed by atoms with Crippen LogP contribution >= 0.6 is 11.6 Å². The highest BCUT2D eigenvalue weighted by Crippen LogP contribution is 2.71. The average Bonchev–Trinajstić information content (AvgIpc) is 3.32. The second-order valence-electron chi connectivity index (χ2n) is 10.8. The summed E-state index contributed by atoms with van der Waals surface area (Å²) >= 11 is 6.91. The van der Waals surface area contributed by atoms with Gasteiger partial charge in [0.25, 0.3) is 0 Å². The Morgan fingerprint density at radius 2 is 1.94 bits per heavy atom. The standard InChI is InChI=1S/C24H35ClO5.C2H6/c1-12(2)23(27)19(25)9-18-22(5)7-6-14-15(11-28-17(14)10-26)16(22)8-20-24(18,30-20)21(23)29-13(3)4;1-2/h9,11-14,16-17,19-21,26-27H,6-8,10H2,1-5H3;1-2H3. The van der Waals surface area contributed by atoms with Crippen molar-refractivity contribution >= 4 is 11.6 Å². The van der Waals surface area contributed by atoms with Crippen molar-refractivity contribution in [2.24, 2.45) is 23.2 Å². The van der Waals surface area contributed by atoms with Crippen LogP contribution in [-0.4, -0.2) is 57.8 Å². The number of hydrogen-bond donors (Lipinski definition) is 2. The first-order valence-corrected chi connectivity index (χ1v) is 12.9. The maximum absolute atomic E-state index is 11.8. The summed E-state index contributed by atoms with van der Waals surface area (Å²) in [5.41, 5.74) is 0.613. The second kappa shape index (κ2) is 8.27. The first-order chi connectivity index (χ1) is 15.1. The molecule has 0 amide bonds. The number of hydrogen-bond acceptors (Lipinski definition) is 5. The number of aliphatic hydroxyl groups excluding tert-OH is 1. The summed E-state index contributed by atoms with van der Waals surface area (Å²) in [4.78, 5) is 0. The summed E-state index contributed by atoms with van der Waals surface area (Å²) in [5, 5.41) is 21.0. The lowest BCUT2D eigenvalue weighted by Gasteiger charge is -2.57. The van der Waals surface area contributed by atoms with Crippen LogP contribution in [0.5, 0.6) is 0 Å². The molecule has 2 N–H and O–H groups in total. The third-order valence-corrected chi connectivity index (χ3v) is 9.20. The van der Waals surface area contributed by atoms with E-state index in [4.69, 9.17) is 25.8 Å². The largest absolute Gasteiger partial charge is 0.495 e. The van der Waals surface area contributed by atoms with E-state index < -0.39 is 22.7 Å². The molecule has 2 aliphatic heterocycles. The number of fused-ring (bicyclic) bond motifs is 4. The number of ether oxygens (including phenoxy) is 3. The minimum atomic E-state index is -1.19. The number of epoxide rings is 1. The zero-order valence-electron chi connectivity index (χ0n) is 20.6. The van der Waals surface area contributed by atoms with Gasteiger partial charge in [-0.2, -0.15) is 0 Å². The molecule has 2 heterocycles. The molecule has 0 aromatic rings. The van der Waals surface area contributed by atoms with Crippen molar-refractivity contribution in [3.05, 3.63) is 23.5 Å². The van der Waals surface area contributed by atoms with Crippen molar-refractivity contribution in [2.45, 2.75) is 109 Å². The molecule has 0 aromatic carbocycles. The van der Waals surface area contributed by atoms with Crippen molar-refractivity contribution in [2.75, 3.05) is 6.61 Å². The Hall–Kier alpha value is -0.590. The first kappa shape index (κ1) is 24.5. The van der Waals surface area contributed by atoms with Crippen LogP contribution in [0.15, 0.2) is 23.5 Å². The van der Waals surface area contributed by atoms with Gasteiger partial charge in [0, 0.05) is 5.92 Å². The van der Waals surface area contributed by atoms with Gasteiger partial charge in [0.15, 0.2) is 0 Å². The summed E-state index contributed by atoms with van der Waals surface area (Å²) < 4.78 is 18.8. The predicted molar refractivity (Wildman–Crippen MR) is 125 cm³/mol. The highest BCUT2D eigenvalue weighted by atomic mass is 35.5. The van der Waals surface area contributed by atoms with E-state index in [1.54, 1.807) is 0 Å². The van der Waals surface area contributed by atoms with Crippen molar-refractivity contribution in [3.63, 3.8) is 0 Å². The van der Waals surface area contributed by atoms with Crippen LogP contribution < -0.4 is 0 Å². The molecular weight excluding hydrogens is 428 g/mol. The van der Waals surface area contributed by atoms with Gasteiger partial charge in [-0.1, -0.05) is 40.7 Å². The number of rotatable bonds is 4. The van der Waals surface area contributed by atoms with Gasteiger partial charge < -0.3 is 24.4 Å². The van der Waals surface area contributed by atoms with Gasteiger partial charge >= 0.3 is 0 Å². The second-order valence-corrected chi connectivity index (χ2v) is 11.3. The minimum Gasteiger partial charge on any atom is -0.495 e. The van der Waals surface area contributed by atoms with Crippen molar-refractivity contribution in [1.82, 2.24) is 0 Å². The van der Waals surface area contributed by atoms with E-state index in [9.17, 15) is 10.2 Å². The van der Waals surface area contributed by atoms with Gasteiger partial charge in [-0.3, -0.25) is 0 Å². The zero-order chi connectivity index (χ0) is 23.6. The molecule has 9 unspecified atom stereocenters. The normalized spacial score (nSPS) is 48.4. The van der Waals surface area contributed by atoms with Crippen molar-refractivity contribution in [1.29, 1.82) is 0 Å². The molecule has 5 aliphatic rings. The van der Waals surface area contributed by atoms with Gasteiger partial charge in [-0.15, -0.1) is 11.6 Å². The monoisotopic (exact) mass is 468 g/mol. The molecule has 5 nitrogen and oxygen atoms in total. The highest BCUT2D eigenvalue weighted by Gasteiger charge is 2.78. The van der Waals surface area contributed by atoms with Gasteiger partial charge in [0.1, 0.15) is 23.4 Å². The zero-order valence-corrected chi connectivity index (χ0v) is 21.4. The Balaban J connectivity index is 0.00000119. The molecular formula is C26H41ClO5. The van der Waals surface area contributed by atoms with Gasteiger partial charge in [0.05, 0.1) is 30.5 Å². The third-order valence-electron chi connectivity index (χ3n) is 8.72. The quantitative estimate of drug-likeness (QED) is 0.358. The van der Waals surface area contributed by atoms with Crippen LogP contribution in [0.25, 0.3) is 0 Å². The molecule has 9 atom stereocenters. The predicted octanol–water partition coefficient (Wildman–Crippen LogP) is 4.59. The molecule has 2 saturated carbocycles. The number of aliphatic hydroxyl groups is 2. The minimum absolute atomic E-state index is 0.00726. The molecule has 6 heteroatoms. The maximum atomic E-state index is 11.8. The fourth-order valence-electron chi connectivity index (χ4n) is 7.03. The number of halogens is 1. The Bertz CT molecular complexity index is 793. The van der Waals surface area contributed by atoms with E-state index in [2.05, 4.69) is 13.0 Å². The summed E-state index contributed by atoms with van der Waals surface area (Å²) in [5.74, 6) is 0.511. The molecule has 1 saturated heterocycles. The highest BCUT2D eigenvalue weighted by molar-refractivity contribution is 6.23. The third kappa shape index (κ3) is 3.11. The lowest BCUT2D eigenvalue weighted by Crippen LogP contribution is -2.67. The molecule has 1 spiro atoms.